The number of ether oxygens (including phenoxy) is 2. The molecular weight excluding hydrogens is 214 g/mol. The van der Waals surface area contributed by atoms with E-state index in [1.807, 2.05) is 0 Å². The predicted octanol–water partition coefficient (Wildman–Crippen LogP) is -0.796. The lowest BCUT2D eigenvalue weighted by atomic mass is 10.1. The largest absolute Gasteiger partial charge is 0.465 e. The van der Waals surface area contributed by atoms with Crippen LogP contribution in [0.3, 0.4) is 0 Å². The number of aliphatic hydroxyl groups is 1. The summed E-state index contributed by atoms with van der Waals surface area (Å²) in [6.07, 6.45) is -0.740. The topological polar surface area (TPSA) is 84.9 Å². The van der Waals surface area contributed by atoms with Gasteiger partial charge in [-0.1, -0.05) is 0 Å². The van der Waals surface area contributed by atoms with Crippen molar-refractivity contribution in [2.24, 2.45) is 0 Å². The van der Waals surface area contributed by atoms with Crippen LogP contribution in [0, 0.1) is 0 Å². The van der Waals surface area contributed by atoms with Crippen LogP contribution in [0.15, 0.2) is 0 Å². The van der Waals surface area contributed by atoms with E-state index in [-0.39, 0.29) is 19.6 Å². The van der Waals surface area contributed by atoms with Crippen LogP contribution in [0.5, 0.6) is 0 Å². The molecule has 3 atom stereocenters. The van der Waals surface area contributed by atoms with Crippen molar-refractivity contribution in [1.82, 2.24) is 5.32 Å². The quantitative estimate of drug-likeness (QED) is 0.616. The van der Waals surface area contributed by atoms with Gasteiger partial charge in [-0.05, 0) is 13.8 Å². The summed E-state index contributed by atoms with van der Waals surface area (Å²) >= 11 is 0. The molecule has 0 aromatic carbocycles. The third-order valence-electron chi connectivity index (χ3n) is 2.35. The molecule has 1 aliphatic rings. The molecule has 6 nitrogen and oxygen atoms in total. The number of esters is 2. The van der Waals surface area contributed by atoms with Gasteiger partial charge in [0.05, 0.1) is 19.3 Å². The van der Waals surface area contributed by atoms with Gasteiger partial charge in [-0.15, -0.1) is 0 Å². The van der Waals surface area contributed by atoms with Gasteiger partial charge in [-0.2, -0.15) is 0 Å². The zero-order valence-corrected chi connectivity index (χ0v) is 9.43. The van der Waals surface area contributed by atoms with E-state index >= 15 is 0 Å². The van der Waals surface area contributed by atoms with Crippen molar-refractivity contribution in [2.45, 2.75) is 38.5 Å². The van der Waals surface area contributed by atoms with Gasteiger partial charge in [0, 0.05) is 6.42 Å². The maximum atomic E-state index is 11.4. The van der Waals surface area contributed by atoms with E-state index in [2.05, 4.69) is 5.32 Å². The third-order valence-corrected chi connectivity index (χ3v) is 2.35. The van der Waals surface area contributed by atoms with E-state index < -0.39 is 30.1 Å². The molecule has 3 unspecified atom stereocenters. The molecule has 1 saturated heterocycles. The first kappa shape index (κ1) is 12.9. The van der Waals surface area contributed by atoms with E-state index in [4.69, 9.17) is 9.47 Å². The van der Waals surface area contributed by atoms with Gasteiger partial charge in [0.25, 0.3) is 0 Å². The van der Waals surface area contributed by atoms with Crippen molar-refractivity contribution < 1.29 is 24.2 Å². The second-order valence-corrected chi connectivity index (χ2v) is 3.50. The number of nitrogens with one attached hydrogen (secondary N) is 1. The zero-order chi connectivity index (χ0) is 12.1. The molecule has 0 saturated carbocycles. The van der Waals surface area contributed by atoms with Crippen molar-refractivity contribution in [2.75, 3.05) is 13.2 Å². The summed E-state index contributed by atoms with van der Waals surface area (Å²) in [4.78, 5) is 22.8. The summed E-state index contributed by atoms with van der Waals surface area (Å²) < 4.78 is 9.57. The van der Waals surface area contributed by atoms with E-state index in [1.54, 1.807) is 13.8 Å². The first-order chi connectivity index (χ1) is 7.60. The van der Waals surface area contributed by atoms with E-state index in [1.165, 1.54) is 0 Å². The minimum atomic E-state index is -0.909. The molecular formula is C10H17NO5. The SMILES string of the molecule is CCOC(=O)C1CC(O)C(C(=O)OCC)N1. The Balaban J connectivity index is 2.53. The summed E-state index contributed by atoms with van der Waals surface area (Å²) in [5.74, 6) is -0.991. The Labute approximate surface area is 93.9 Å². The van der Waals surface area contributed by atoms with Crippen LogP contribution < -0.4 is 5.32 Å². The molecule has 0 aliphatic carbocycles. The summed E-state index contributed by atoms with van der Waals surface area (Å²) in [6, 6.07) is -1.47. The Hall–Kier alpha value is -1.14. The molecule has 0 aromatic rings. The highest BCUT2D eigenvalue weighted by Gasteiger charge is 2.41. The lowest BCUT2D eigenvalue weighted by Crippen LogP contribution is -2.43. The minimum Gasteiger partial charge on any atom is -0.465 e. The Bertz CT molecular complexity index is 268. The molecule has 0 bridgehead atoms. The van der Waals surface area contributed by atoms with Crippen molar-refractivity contribution in [3.8, 4) is 0 Å². The summed E-state index contributed by atoms with van der Waals surface area (Å²) in [5.41, 5.74) is 0. The molecule has 1 aliphatic heterocycles. The summed E-state index contributed by atoms with van der Waals surface area (Å²) in [6.45, 7) is 3.90. The highest BCUT2D eigenvalue weighted by atomic mass is 16.5. The lowest BCUT2D eigenvalue weighted by Gasteiger charge is -2.13. The van der Waals surface area contributed by atoms with Crippen LogP contribution in [0.4, 0.5) is 0 Å². The first-order valence-electron chi connectivity index (χ1n) is 5.37. The summed E-state index contributed by atoms with van der Waals surface area (Å²) in [5, 5.41) is 12.3. The molecule has 0 amide bonds. The standard InChI is InChI=1S/C10H17NO5/c1-3-15-9(13)6-5-7(12)8(11-6)10(14)16-4-2/h6-8,11-12H,3-5H2,1-2H3. The molecule has 0 spiro atoms. The first-order valence-corrected chi connectivity index (χ1v) is 5.37. The number of carbonyl (C=O) groups is 2. The highest BCUT2D eigenvalue weighted by Crippen LogP contribution is 2.15. The Morgan fingerprint density at radius 1 is 1.25 bits per heavy atom. The Morgan fingerprint density at radius 3 is 2.38 bits per heavy atom. The number of hydrogen-bond acceptors (Lipinski definition) is 6. The van der Waals surface area contributed by atoms with Gasteiger partial charge in [0.1, 0.15) is 12.1 Å². The van der Waals surface area contributed by atoms with Gasteiger partial charge in [0.2, 0.25) is 0 Å². The molecule has 1 heterocycles. The number of carbonyl (C=O) groups excluding carboxylic acids is 2. The molecule has 2 N–H and O–H groups in total. The second kappa shape index (κ2) is 5.81. The molecule has 6 heteroatoms. The maximum Gasteiger partial charge on any atom is 0.325 e. The fraction of sp³-hybridized carbons (Fsp3) is 0.800. The molecule has 0 aromatic heterocycles. The van der Waals surface area contributed by atoms with Gasteiger partial charge in [-0.3, -0.25) is 14.9 Å². The fourth-order valence-electron chi connectivity index (χ4n) is 1.64. The van der Waals surface area contributed by atoms with Crippen molar-refractivity contribution in [1.29, 1.82) is 0 Å². The Morgan fingerprint density at radius 2 is 1.81 bits per heavy atom. The molecule has 1 fully saturated rings. The number of aliphatic hydroxyl groups excluding tert-OH is 1. The molecule has 16 heavy (non-hydrogen) atoms. The number of rotatable bonds is 4. The van der Waals surface area contributed by atoms with E-state index in [0.717, 1.165) is 0 Å². The number of hydrogen-bond donors (Lipinski definition) is 2. The molecule has 0 radical (unpaired) electrons. The van der Waals surface area contributed by atoms with Crippen LogP contribution in [0.2, 0.25) is 0 Å². The van der Waals surface area contributed by atoms with Crippen LogP contribution in [0.25, 0.3) is 0 Å². The van der Waals surface area contributed by atoms with Gasteiger partial charge in [-0.25, -0.2) is 0 Å². The Kier molecular flexibility index (Phi) is 4.70. The zero-order valence-electron chi connectivity index (χ0n) is 9.43. The monoisotopic (exact) mass is 231 g/mol. The van der Waals surface area contributed by atoms with Gasteiger partial charge in [0.15, 0.2) is 0 Å². The normalized spacial score (nSPS) is 28.8. The van der Waals surface area contributed by atoms with Crippen molar-refractivity contribution in [3.05, 3.63) is 0 Å². The second-order valence-electron chi connectivity index (χ2n) is 3.50. The highest BCUT2D eigenvalue weighted by molar-refractivity contribution is 5.82. The smallest absolute Gasteiger partial charge is 0.325 e. The van der Waals surface area contributed by atoms with Crippen LogP contribution in [0.1, 0.15) is 20.3 Å². The van der Waals surface area contributed by atoms with Gasteiger partial charge < -0.3 is 14.6 Å². The van der Waals surface area contributed by atoms with Gasteiger partial charge >= 0.3 is 11.9 Å². The molecule has 92 valence electrons. The average Bonchev–Trinajstić information content (AvgIpc) is 2.61. The predicted molar refractivity (Wildman–Crippen MR) is 54.6 cm³/mol. The van der Waals surface area contributed by atoms with E-state index in [0.29, 0.717) is 0 Å². The van der Waals surface area contributed by atoms with Crippen LogP contribution >= 0.6 is 0 Å². The summed E-state index contributed by atoms with van der Waals surface area (Å²) in [7, 11) is 0. The maximum absolute atomic E-state index is 11.4. The van der Waals surface area contributed by atoms with Crippen LogP contribution in [-0.4, -0.2) is 48.4 Å². The average molecular weight is 231 g/mol. The molecule has 1 rings (SSSR count). The van der Waals surface area contributed by atoms with Crippen molar-refractivity contribution in [3.63, 3.8) is 0 Å². The third kappa shape index (κ3) is 2.93. The minimum absolute atomic E-state index is 0.169. The van der Waals surface area contributed by atoms with E-state index in [9.17, 15) is 14.7 Å². The fourth-order valence-corrected chi connectivity index (χ4v) is 1.64. The van der Waals surface area contributed by atoms with Crippen molar-refractivity contribution >= 4 is 11.9 Å². The van der Waals surface area contributed by atoms with Crippen LogP contribution in [-0.2, 0) is 19.1 Å². The lowest BCUT2D eigenvalue weighted by molar-refractivity contribution is -0.147.